The van der Waals surface area contributed by atoms with Gasteiger partial charge in [-0.15, -0.1) is 0 Å². The first-order valence-electron chi connectivity index (χ1n) is 10.6. The minimum absolute atomic E-state index is 0.0705. The molecule has 1 aliphatic heterocycles. The summed E-state index contributed by atoms with van der Waals surface area (Å²) in [6.07, 6.45) is 0.568. The minimum atomic E-state index is -0.704. The summed E-state index contributed by atoms with van der Waals surface area (Å²) in [6, 6.07) is 11.6. The van der Waals surface area contributed by atoms with E-state index >= 15 is 0 Å². The lowest BCUT2D eigenvalue weighted by atomic mass is 9.94. The second-order valence-electron chi connectivity index (χ2n) is 7.53. The van der Waals surface area contributed by atoms with Gasteiger partial charge in [0.05, 0.1) is 25.3 Å². The van der Waals surface area contributed by atoms with Crippen molar-refractivity contribution < 1.29 is 28.9 Å². The van der Waals surface area contributed by atoms with Gasteiger partial charge in [0.15, 0.2) is 0 Å². The van der Waals surface area contributed by atoms with E-state index in [1.807, 2.05) is 13.8 Å². The molecule has 2 aromatic rings. The molecule has 0 radical (unpaired) electrons. The average Bonchev–Trinajstić information content (AvgIpc) is 3.05. The van der Waals surface area contributed by atoms with Crippen LogP contribution in [0.2, 0.25) is 0 Å². The molecule has 1 aliphatic rings. The van der Waals surface area contributed by atoms with Crippen molar-refractivity contribution in [1.82, 2.24) is 4.90 Å². The predicted molar refractivity (Wildman–Crippen MR) is 121 cm³/mol. The number of amides is 1. The summed E-state index contributed by atoms with van der Waals surface area (Å²) in [6.45, 7) is 5.07. The van der Waals surface area contributed by atoms with Gasteiger partial charge in [0, 0.05) is 25.8 Å². The lowest BCUT2D eigenvalue weighted by Gasteiger charge is -2.25. The SMILES string of the molecule is CCOc1ccc(/C(O)=C2/C(=O)C(=O)N(CCCOC)C2c2ccc(OC)cc2)cc1C. The van der Waals surface area contributed by atoms with Gasteiger partial charge in [-0.25, -0.2) is 0 Å². The van der Waals surface area contributed by atoms with Crippen LogP contribution in [0.3, 0.4) is 0 Å². The zero-order chi connectivity index (χ0) is 23.3. The molecule has 7 heteroatoms. The van der Waals surface area contributed by atoms with E-state index < -0.39 is 17.7 Å². The number of Topliss-reactive ketones (excluding diaryl/α,β-unsaturated/α-hetero) is 1. The summed E-state index contributed by atoms with van der Waals surface area (Å²) in [7, 11) is 3.16. The molecule has 0 saturated carbocycles. The summed E-state index contributed by atoms with van der Waals surface area (Å²) >= 11 is 0. The lowest BCUT2D eigenvalue weighted by Crippen LogP contribution is -2.31. The van der Waals surface area contributed by atoms with Crippen LogP contribution < -0.4 is 9.47 Å². The Labute approximate surface area is 188 Å². The number of aliphatic hydroxyl groups excluding tert-OH is 1. The van der Waals surface area contributed by atoms with Crippen LogP contribution >= 0.6 is 0 Å². The Morgan fingerprint density at radius 2 is 1.81 bits per heavy atom. The van der Waals surface area contributed by atoms with Gasteiger partial charge in [0.1, 0.15) is 17.3 Å². The third-order valence-electron chi connectivity index (χ3n) is 5.47. The number of aliphatic hydroxyl groups is 1. The molecule has 1 saturated heterocycles. The molecule has 1 N–H and O–H groups in total. The Balaban J connectivity index is 2.10. The van der Waals surface area contributed by atoms with Crippen LogP contribution in [-0.2, 0) is 14.3 Å². The maximum absolute atomic E-state index is 13.0. The maximum Gasteiger partial charge on any atom is 0.295 e. The number of aryl methyl sites for hydroxylation is 1. The molecule has 0 bridgehead atoms. The van der Waals surface area contributed by atoms with E-state index in [2.05, 4.69) is 0 Å². The van der Waals surface area contributed by atoms with Gasteiger partial charge in [-0.3, -0.25) is 9.59 Å². The summed E-state index contributed by atoms with van der Waals surface area (Å²) < 4.78 is 15.9. The van der Waals surface area contributed by atoms with E-state index in [1.54, 1.807) is 56.7 Å². The van der Waals surface area contributed by atoms with Gasteiger partial charge in [-0.2, -0.15) is 0 Å². The lowest BCUT2D eigenvalue weighted by molar-refractivity contribution is -0.140. The molecule has 170 valence electrons. The third kappa shape index (κ3) is 4.62. The Morgan fingerprint density at radius 1 is 1.09 bits per heavy atom. The summed E-state index contributed by atoms with van der Waals surface area (Å²) in [5.41, 5.74) is 2.07. The van der Waals surface area contributed by atoms with Gasteiger partial charge >= 0.3 is 0 Å². The number of ether oxygens (including phenoxy) is 3. The van der Waals surface area contributed by atoms with Crippen LogP contribution in [0.25, 0.3) is 5.76 Å². The Kier molecular flexibility index (Phi) is 7.53. The molecule has 7 nitrogen and oxygen atoms in total. The average molecular weight is 440 g/mol. The summed E-state index contributed by atoms with van der Waals surface area (Å²) in [4.78, 5) is 27.4. The molecule has 3 rings (SSSR count). The fourth-order valence-electron chi connectivity index (χ4n) is 3.89. The second-order valence-corrected chi connectivity index (χ2v) is 7.53. The van der Waals surface area contributed by atoms with Gasteiger partial charge in [-0.1, -0.05) is 12.1 Å². The standard InChI is InChI=1S/C25H29NO6/c1-5-32-20-12-9-18(15-16(20)2)23(27)21-22(17-7-10-19(31-4)11-8-17)26(13-6-14-30-3)25(29)24(21)28/h7-12,15,22,27H,5-6,13-14H2,1-4H3/b23-21-. The number of methoxy groups -OCH3 is 2. The molecule has 1 fully saturated rings. The first-order chi connectivity index (χ1) is 15.4. The van der Waals surface area contributed by atoms with Crippen molar-refractivity contribution in [3.63, 3.8) is 0 Å². The van der Waals surface area contributed by atoms with Crippen molar-refractivity contribution in [2.45, 2.75) is 26.3 Å². The van der Waals surface area contributed by atoms with Crippen molar-refractivity contribution in [2.24, 2.45) is 0 Å². The zero-order valence-electron chi connectivity index (χ0n) is 18.9. The number of ketones is 1. The third-order valence-corrected chi connectivity index (χ3v) is 5.47. The number of benzene rings is 2. The maximum atomic E-state index is 13.0. The predicted octanol–water partition coefficient (Wildman–Crippen LogP) is 3.86. The van der Waals surface area contributed by atoms with Gasteiger partial charge in [0.2, 0.25) is 0 Å². The largest absolute Gasteiger partial charge is 0.507 e. The van der Waals surface area contributed by atoms with Crippen LogP contribution in [0.4, 0.5) is 0 Å². The van der Waals surface area contributed by atoms with E-state index in [0.29, 0.717) is 48.8 Å². The zero-order valence-corrected chi connectivity index (χ0v) is 18.9. The Morgan fingerprint density at radius 3 is 2.41 bits per heavy atom. The number of rotatable bonds is 9. The highest BCUT2D eigenvalue weighted by Crippen LogP contribution is 2.40. The summed E-state index contributed by atoms with van der Waals surface area (Å²) in [5.74, 6) is -0.175. The van der Waals surface area contributed by atoms with Gasteiger partial charge in [0.25, 0.3) is 11.7 Å². The van der Waals surface area contributed by atoms with E-state index in [1.165, 1.54) is 4.90 Å². The van der Waals surface area contributed by atoms with Crippen LogP contribution in [-0.4, -0.2) is 55.7 Å². The topological polar surface area (TPSA) is 85.3 Å². The highest BCUT2D eigenvalue weighted by atomic mass is 16.5. The van der Waals surface area contributed by atoms with Crippen molar-refractivity contribution in [2.75, 3.05) is 34.0 Å². The van der Waals surface area contributed by atoms with Crippen LogP contribution in [0, 0.1) is 6.92 Å². The molecule has 32 heavy (non-hydrogen) atoms. The van der Waals surface area contributed by atoms with Crippen molar-refractivity contribution in [3.8, 4) is 11.5 Å². The fraction of sp³-hybridized carbons (Fsp3) is 0.360. The monoisotopic (exact) mass is 439 g/mol. The van der Waals surface area contributed by atoms with Crippen molar-refractivity contribution in [3.05, 3.63) is 64.7 Å². The van der Waals surface area contributed by atoms with Crippen LogP contribution in [0.5, 0.6) is 11.5 Å². The fourth-order valence-corrected chi connectivity index (χ4v) is 3.89. The molecule has 1 amide bonds. The highest BCUT2D eigenvalue weighted by Gasteiger charge is 2.45. The van der Waals surface area contributed by atoms with E-state index in [4.69, 9.17) is 14.2 Å². The Hall–Kier alpha value is -3.32. The number of carbonyl (C=O) groups is 2. The highest BCUT2D eigenvalue weighted by molar-refractivity contribution is 6.46. The normalized spacial score (nSPS) is 17.6. The smallest absolute Gasteiger partial charge is 0.295 e. The second kappa shape index (κ2) is 10.3. The Bertz CT molecular complexity index is 1010. The van der Waals surface area contributed by atoms with E-state index in [-0.39, 0.29) is 11.3 Å². The number of hydrogen-bond donors (Lipinski definition) is 1. The molecule has 0 aromatic heterocycles. The van der Waals surface area contributed by atoms with Gasteiger partial charge < -0.3 is 24.2 Å². The molecule has 0 aliphatic carbocycles. The van der Waals surface area contributed by atoms with Crippen molar-refractivity contribution in [1.29, 1.82) is 0 Å². The number of hydrogen-bond acceptors (Lipinski definition) is 6. The molecular weight excluding hydrogens is 410 g/mol. The molecule has 1 heterocycles. The molecule has 2 aromatic carbocycles. The number of nitrogens with zero attached hydrogens (tertiary/aromatic N) is 1. The number of carbonyl (C=O) groups excluding carboxylic acids is 2. The van der Waals surface area contributed by atoms with Crippen LogP contribution in [0.1, 0.15) is 36.1 Å². The first-order valence-corrected chi connectivity index (χ1v) is 10.6. The molecular formula is C25H29NO6. The van der Waals surface area contributed by atoms with Crippen molar-refractivity contribution >= 4 is 17.4 Å². The van der Waals surface area contributed by atoms with E-state index in [9.17, 15) is 14.7 Å². The number of likely N-dealkylation sites (tertiary alicyclic amines) is 1. The quantitative estimate of drug-likeness (QED) is 0.276. The summed E-state index contributed by atoms with van der Waals surface area (Å²) in [5, 5.41) is 11.2. The minimum Gasteiger partial charge on any atom is -0.507 e. The molecule has 1 atom stereocenters. The molecule has 0 spiro atoms. The van der Waals surface area contributed by atoms with Crippen LogP contribution in [0.15, 0.2) is 48.0 Å². The molecule has 1 unspecified atom stereocenters. The first kappa shape index (κ1) is 23.3. The van der Waals surface area contributed by atoms with Gasteiger partial charge in [-0.05, 0) is 61.7 Å². The van der Waals surface area contributed by atoms with E-state index in [0.717, 1.165) is 5.56 Å².